The van der Waals surface area contributed by atoms with Crippen molar-refractivity contribution in [2.75, 3.05) is 46.6 Å². The number of fused-ring (bicyclic) bond motifs is 7. The minimum absolute atomic E-state index is 0.0839. The van der Waals surface area contributed by atoms with Crippen LogP contribution in [0.3, 0.4) is 0 Å². The van der Waals surface area contributed by atoms with Crippen LogP contribution in [0.5, 0.6) is 11.5 Å². The lowest BCUT2D eigenvalue weighted by molar-refractivity contribution is -0.135. The van der Waals surface area contributed by atoms with Crippen LogP contribution in [-0.2, 0) is 27.4 Å². The van der Waals surface area contributed by atoms with Gasteiger partial charge in [-0.15, -0.1) is 0 Å². The molecule has 39 heavy (non-hydrogen) atoms. The number of ether oxygens (including phenoxy) is 3. The predicted octanol–water partition coefficient (Wildman–Crippen LogP) is 2.38. The van der Waals surface area contributed by atoms with Crippen molar-refractivity contribution >= 4 is 11.8 Å². The third-order valence-corrected chi connectivity index (χ3v) is 7.49. The van der Waals surface area contributed by atoms with E-state index in [2.05, 4.69) is 38.0 Å². The minimum Gasteiger partial charge on any atom is -0.493 e. The number of benzene rings is 2. The van der Waals surface area contributed by atoms with Gasteiger partial charge in [0.25, 0.3) is 0 Å². The average molecular weight is 532 g/mol. The summed E-state index contributed by atoms with van der Waals surface area (Å²) in [5.74, 6) is 1.81. The van der Waals surface area contributed by atoms with Crippen molar-refractivity contribution in [1.82, 2.24) is 24.7 Å². The summed E-state index contributed by atoms with van der Waals surface area (Å²) < 4.78 is 19.3. The van der Waals surface area contributed by atoms with Gasteiger partial charge in [0, 0.05) is 56.2 Å². The second-order valence-electron chi connectivity index (χ2n) is 10.1. The van der Waals surface area contributed by atoms with Gasteiger partial charge < -0.3 is 24.4 Å². The first-order chi connectivity index (χ1) is 19.1. The van der Waals surface area contributed by atoms with Gasteiger partial charge in [0.1, 0.15) is 18.5 Å². The Morgan fingerprint density at radius 3 is 2.79 bits per heavy atom. The fraction of sp³-hybridized carbons (Fsp3) is 0.414. The van der Waals surface area contributed by atoms with Crippen molar-refractivity contribution in [2.45, 2.75) is 32.0 Å². The van der Waals surface area contributed by atoms with Crippen LogP contribution in [-0.4, -0.2) is 83.8 Å². The Balaban J connectivity index is 1.42. The molecule has 1 atom stereocenters. The lowest BCUT2D eigenvalue weighted by Gasteiger charge is -2.28. The van der Waals surface area contributed by atoms with E-state index < -0.39 is 6.04 Å². The van der Waals surface area contributed by atoms with Gasteiger partial charge in [-0.1, -0.05) is 6.07 Å². The summed E-state index contributed by atoms with van der Waals surface area (Å²) >= 11 is 0. The van der Waals surface area contributed by atoms with Gasteiger partial charge in [-0.05, 0) is 47.9 Å². The number of rotatable bonds is 4. The van der Waals surface area contributed by atoms with E-state index in [1.807, 2.05) is 24.4 Å². The topological polar surface area (TPSA) is 98.2 Å². The standard InChI is InChI=1S/C29H33N5O5/c1-37-25-4-2-22-17-26(25)39-13-10-33(29(36)24-3-5-27(35)31-24)19-21-14-20(18-32-8-11-38-12-9-32)15-23(16-21)34-7-6-30-28(22)34/h2,4,6-7,14-17,24H,3,5,8-13,18-19H2,1H3,(H,31,35). The molecule has 4 bridgehead atoms. The molecule has 3 aliphatic rings. The zero-order valence-electron chi connectivity index (χ0n) is 22.1. The lowest BCUT2D eigenvalue weighted by atomic mass is 10.1. The number of hydrogen-bond donors (Lipinski definition) is 1. The van der Waals surface area contributed by atoms with Crippen LogP contribution in [0.1, 0.15) is 24.0 Å². The quantitative estimate of drug-likeness (QED) is 0.552. The number of aromatic nitrogens is 2. The van der Waals surface area contributed by atoms with Crippen LogP contribution in [0.15, 0.2) is 48.8 Å². The third-order valence-electron chi connectivity index (χ3n) is 7.49. The molecule has 2 aromatic carbocycles. The van der Waals surface area contributed by atoms with Gasteiger partial charge in [0.15, 0.2) is 11.5 Å². The van der Waals surface area contributed by atoms with E-state index >= 15 is 0 Å². The maximum absolute atomic E-state index is 13.6. The number of nitrogens with zero attached hydrogens (tertiary/aromatic N) is 4. The van der Waals surface area contributed by atoms with Crippen molar-refractivity contribution in [3.05, 3.63) is 59.9 Å². The van der Waals surface area contributed by atoms with Crippen LogP contribution in [0.2, 0.25) is 0 Å². The number of methoxy groups -OCH3 is 1. The summed E-state index contributed by atoms with van der Waals surface area (Å²) in [6.07, 6.45) is 4.62. The Bertz CT molecular complexity index is 1370. The molecule has 10 nitrogen and oxygen atoms in total. The number of amides is 2. The highest BCUT2D eigenvalue weighted by Gasteiger charge is 2.31. The molecule has 3 aromatic rings. The maximum atomic E-state index is 13.6. The van der Waals surface area contributed by atoms with Gasteiger partial charge in [-0.3, -0.25) is 19.1 Å². The van der Waals surface area contributed by atoms with E-state index in [9.17, 15) is 9.59 Å². The molecule has 1 N–H and O–H groups in total. The van der Waals surface area contributed by atoms with Gasteiger partial charge in [-0.2, -0.15) is 0 Å². The van der Waals surface area contributed by atoms with E-state index in [-0.39, 0.29) is 18.4 Å². The summed E-state index contributed by atoms with van der Waals surface area (Å²) in [5, 5.41) is 2.83. The molecule has 2 fully saturated rings. The van der Waals surface area contributed by atoms with Gasteiger partial charge in [0.05, 0.1) is 26.9 Å². The Morgan fingerprint density at radius 2 is 2.00 bits per heavy atom. The van der Waals surface area contributed by atoms with Crippen LogP contribution in [0.4, 0.5) is 0 Å². The van der Waals surface area contributed by atoms with E-state index in [0.29, 0.717) is 37.4 Å². The zero-order chi connectivity index (χ0) is 26.8. The van der Waals surface area contributed by atoms with E-state index in [4.69, 9.17) is 14.2 Å². The van der Waals surface area contributed by atoms with Crippen LogP contribution in [0.25, 0.3) is 17.1 Å². The molecule has 4 heterocycles. The van der Waals surface area contributed by atoms with E-state index in [1.165, 1.54) is 0 Å². The molecular weight excluding hydrogens is 498 g/mol. The van der Waals surface area contributed by atoms with Crippen LogP contribution < -0.4 is 14.8 Å². The lowest BCUT2D eigenvalue weighted by Crippen LogP contribution is -2.45. The smallest absolute Gasteiger partial charge is 0.245 e. The summed E-state index contributed by atoms with van der Waals surface area (Å²) in [5.41, 5.74) is 4.04. The molecule has 0 spiro atoms. The average Bonchev–Trinajstić information content (AvgIpc) is 3.62. The molecule has 0 radical (unpaired) electrons. The summed E-state index contributed by atoms with van der Waals surface area (Å²) in [7, 11) is 1.61. The van der Waals surface area contributed by atoms with Crippen molar-refractivity contribution in [1.29, 1.82) is 0 Å². The number of imidazole rings is 1. The number of carbonyl (C=O) groups is 2. The first-order valence-electron chi connectivity index (χ1n) is 13.4. The molecule has 0 aliphatic carbocycles. The van der Waals surface area contributed by atoms with Crippen molar-refractivity contribution < 1.29 is 23.8 Å². The fourth-order valence-electron chi connectivity index (χ4n) is 5.51. The first-order valence-corrected chi connectivity index (χ1v) is 13.4. The second kappa shape index (κ2) is 11.1. The normalized spacial score (nSPS) is 19.7. The Labute approximate surface area is 227 Å². The molecule has 204 valence electrons. The predicted molar refractivity (Wildman–Crippen MR) is 144 cm³/mol. The number of morpholine rings is 1. The Morgan fingerprint density at radius 1 is 1.13 bits per heavy atom. The van der Waals surface area contributed by atoms with Crippen molar-refractivity contribution in [3.8, 4) is 28.6 Å². The third kappa shape index (κ3) is 5.48. The molecule has 1 unspecified atom stereocenters. The highest BCUT2D eigenvalue weighted by molar-refractivity contribution is 5.90. The Kier molecular flexibility index (Phi) is 7.21. The minimum atomic E-state index is -0.512. The summed E-state index contributed by atoms with van der Waals surface area (Å²) in [6.45, 7) is 5.06. The molecule has 0 saturated carbocycles. The number of carbonyl (C=O) groups excluding carboxylic acids is 2. The Hall–Kier alpha value is -3.89. The van der Waals surface area contributed by atoms with E-state index in [1.54, 1.807) is 18.2 Å². The number of nitrogens with one attached hydrogen (secondary N) is 1. The zero-order valence-corrected chi connectivity index (χ0v) is 22.1. The highest BCUT2D eigenvalue weighted by Crippen LogP contribution is 2.33. The largest absolute Gasteiger partial charge is 0.493 e. The van der Waals surface area contributed by atoms with Gasteiger partial charge in [-0.25, -0.2) is 4.98 Å². The van der Waals surface area contributed by atoms with Gasteiger partial charge in [0.2, 0.25) is 11.8 Å². The molecule has 3 aliphatic heterocycles. The van der Waals surface area contributed by atoms with Crippen molar-refractivity contribution in [3.63, 3.8) is 0 Å². The van der Waals surface area contributed by atoms with Crippen LogP contribution >= 0.6 is 0 Å². The van der Waals surface area contributed by atoms with Gasteiger partial charge >= 0.3 is 0 Å². The second-order valence-corrected chi connectivity index (χ2v) is 10.1. The summed E-state index contributed by atoms with van der Waals surface area (Å²) in [6, 6.07) is 11.7. The van der Waals surface area contributed by atoms with Crippen molar-refractivity contribution in [2.24, 2.45) is 0 Å². The van der Waals surface area contributed by atoms with E-state index in [0.717, 1.165) is 61.1 Å². The monoisotopic (exact) mass is 531 g/mol. The molecule has 2 saturated heterocycles. The first kappa shape index (κ1) is 25.4. The molecule has 2 amide bonds. The fourth-order valence-corrected chi connectivity index (χ4v) is 5.51. The summed E-state index contributed by atoms with van der Waals surface area (Å²) in [4.78, 5) is 34.3. The molecule has 6 rings (SSSR count). The molecule has 10 heteroatoms. The SMILES string of the molecule is COc1ccc2cc1OCCN(C(=O)C1CCC(=O)N1)Cc1cc(CN3CCOCC3)cc(c1)-n1ccnc1-2. The number of hydrogen-bond acceptors (Lipinski definition) is 7. The molecule has 1 aromatic heterocycles. The highest BCUT2D eigenvalue weighted by atomic mass is 16.5. The van der Waals surface area contributed by atoms with Crippen LogP contribution in [0, 0.1) is 0 Å². The molecular formula is C29H33N5O5. The maximum Gasteiger partial charge on any atom is 0.245 e.